The molecule has 0 saturated heterocycles. The van der Waals surface area contributed by atoms with Gasteiger partial charge in [0.25, 0.3) is 11.8 Å². The van der Waals surface area contributed by atoms with E-state index in [1.165, 1.54) is 4.90 Å². The van der Waals surface area contributed by atoms with E-state index in [2.05, 4.69) is 10.5 Å². The van der Waals surface area contributed by atoms with Crippen molar-refractivity contribution in [1.29, 1.82) is 0 Å². The van der Waals surface area contributed by atoms with Gasteiger partial charge in [-0.15, -0.1) is 0 Å². The Labute approximate surface area is 150 Å². The summed E-state index contributed by atoms with van der Waals surface area (Å²) in [7, 11) is 0. The molecule has 0 saturated carbocycles. The summed E-state index contributed by atoms with van der Waals surface area (Å²) in [6, 6.07) is 19.1. The van der Waals surface area contributed by atoms with E-state index in [1.54, 1.807) is 12.3 Å². The number of hydrogen-bond donors (Lipinski definition) is 1. The average Bonchev–Trinajstić information content (AvgIpc) is 2.90. The molecule has 0 radical (unpaired) electrons. The highest BCUT2D eigenvalue weighted by Gasteiger charge is 2.30. The largest absolute Gasteiger partial charge is 0.298 e. The molecule has 0 bridgehead atoms. The summed E-state index contributed by atoms with van der Waals surface area (Å²) in [6.45, 7) is 1.92. The molecule has 3 aromatic carbocycles. The number of carbonyl (C=O) groups is 2. The number of hydrazone groups is 1. The van der Waals surface area contributed by atoms with Crippen molar-refractivity contribution in [3.8, 4) is 0 Å². The highest BCUT2D eigenvalue weighted by molar-refractivity contribution is 6.26. The number of anilines is 1. The SMILES string of the molecule is Cc1cccc(/C=N/NC(=O)CN2C(=O)c3cccc4cccc2c34)c1. The van der Waals surface area contributed by atoms with E-state index in [1.807, 2.05) is 61.5 Å². The Morgan fingerprint density at radius 3 is 2.69 bits per heavy atom. The molecule has 5 nitrogen and oxygen atoms in total. The molecule has 1 heterocycles. The second-order valence-electron chi connectivity index (χ2n) is 6.28. The fraction of sp³-hybridized carbons (Fsp3) is 0.0952. The first-order valence-corrected chi connectivity index (χ1v) is 8.36. The Balaban J connectivity index is 1.49. The first-order valence-electron chi connectivity index (χ1n) is 8.36. The van der Waals surface area contributed by atoms with Gasteiger partial charge in [-0.3, -0.25) is 14.5 Å². The van der Waals surface area contributed by atoms with Crippen LogP contribution in [0.2, 0.25) is 0 Å². The molecule has 1 aliphatic heterocycles. The molecule has 1 aliphatic rings. The first-order chi connectivity index (χ1) is 12.6. The summed E-state index contributed by atoms with van der Waals surface area (Å²) in [4.78, 5) is 26.4. The van der Waals surface area contributed by atoms with Gasteiger partial charge in [-0.25, -0.2) is 5.43 Å². The van der Waals surface area contributed by atoms with Gasteiger partial charge in [0.2, 0.25) is 0 Å². The third kappa shape index (κ3) is 2.84. The normalized spacial score (nSPS) is 13.0. The van der Waals surface area contributed by atoms with Crippen LogP contribution in [0.3, 0.4) is 0 Å². The summed E-state index contributed by atoms with van der Waals surface area (Å²) >= 11 is 0. The Morgan fingerprint density at radius 1 is 1.12 bits per heavy atom. The summed E-state index contributed by atoms with van der Waals surface area (Å²) in [6.07, 6.45) is 1.59. The molecule has 0 fully saturated rings. The predicted octanol–water partition coefficient (Wildman–Crippen LogP) is 3.26. The molecule has 5 heteroatoms. The Morgan fingerprint density at radius 2 is 1.88 bits per heavy atom. The van der Waals surface area contributed by atoms with Crippen LogP contribution in [0.4, 0.5) is 5.69 Å². The van der Waals surface area contributed by atoms with Crippen molar-refractivity contribution in [3.63, 3.8) is 0 Å². The number of nitrogens with zero attached hydrogens (tertiary/aromatic N) is 2. The number of rotatable bonds is 4. The number of aryl methyl sites for hydroxylation is 1. The molecule has 0 spiro atoms. The van der Waals surface area contributed by atoms with Crippen LogP contribution in [0.25, 0.3) is 10.8 Å². The molecule has 3 aromatic rings. The smallest absolute Gasteiger partial charge is 0.260 e. The van der Waals surface area contributed by atoms with Crippen LogP contribution in [0.1, 0.15) is 21.5 Å². The van der Waals surface area contributed by atoms with E-state index in [0.717, 1.165) is 27.6 Å². The number of nitrogens with one attached hydrogen (secondary N) is 1. The average molecular weight is 343 g/mol. The molecular formula is C21H17N3O2. The quantitative estimate of drug-likeness (QED) is 0.584. The maximum Gasteiger partial charge on any atom is 0.260 e. The van der Waals surface area contributed by atoms with E-state index < -0.39 is 0 Å². The van der Waals surface area contributed by atoms with Gasteiger partial charge < -0.3 is 0 Å². The zero-order valence-corrected chi connectivity index (χ0v) is 14.3. The maximum absolute atomic E-state index is 12.7. The maximum atomic E-state index is 12.7. The lowest BCUT2D eigenvalue weighted by molar-refractivity contribution is -0.119. The van der Waals surface area contributed by atoms with Crippen LogP contribution in [0.15, 0.2) is 65.8 Å². The van der Waals surface area contributed by atoms with Gasteiger partial charge in [0.15, 0.2) is 0 Å². The molecular weight excluding hydrogens is 326 g/mol. The Bertz CT molecular complexity index is 1050. The van der Waals surface area contributed by atoms with Gasteiger partial charge >= 0.3 is 0 Å². The van der Waals surface area contributed by atoms with E-state index in [0.29, 0.717) is 5.56 Å². The van der Waals surface area contributed by atoms with Crippen LogP contribution in [-0.2, 0) is 4.79 Å². The molecule has 0 aliphatic carbocycles. The van der Waals surface area contributed by atoms with Crippen molar-refractivity contribution in [2.45, 2.75) is 6.92 Å². The van der Waals surface area contributed by atoms with Crippen molar-refractivity contribution >= 4 is 34.5 Å². The number of hydrogen-bond acceptors (Lipinski definition) is 3. The van der Waals surface area contributed by atoms with Crippen molar-refractivity contribution in [2.24, 2.45) is 5.10 Å². The number of amides is 2. The molecule has 26 heavy (non-hydrogen) atoms. The lowest BCUT2D eigenvalue weighted by Gasteiger charge is -2.16. The van der Waals surface area contributed by atoms with Crippen molar-refractivity contribution < 1.29 is 9.59 Å². The van der Waals surface area contributed by atoms with Gasteiger partial charge in [0.05, 0.1) is 11.9 Å². The van der Waals surface area contributed by atoms with Gasteiger partial charge in [-0.2, -0.15) is 5.10 Å². The monoisotopic (exact) mass is 343 g/mol. The minimum absolute atomic E-state index is 0.0716. The topological polar surface area (TPSA) is 61.8 Å². The fourth-order valence-electron chi connectivity index (χ4n) is 3.24. The summed E-state index contributed by atoms with van der Waals surface area (Å²) in [5, 5.41) is 5.88. The zero-order chi connectivity index (χ0) is 18.1. The predicted molar refractivity (Wildman–Crippen MR) is 103 cm³/mol. The van der Waals surface area contributed by atoms with Crippen LogP contribution >= 0.6 is 0 Å². The van der Waals surface area contributed by atoms with Crippen molar-refractivity contribution in [3.05, 3.63) is 77.4 Å². The highest BCUT2D eigenvalue weighted by Crippen LogP contribution is 2.36. The summed E-state index contributed by atoms with van der Waals surface area (Å²) in [5.74, 6) is -0.498. The molecule has 2 amide bonds. The number of benzene rings is 3. The lowest BCUT2D eigenvalue weighted by Crippen LogP contribution is -2.37. The van der Waals surface area contributed by atoms with Gasteiger partial charge in [-0.05, 0) is 30.0 Å². The van der Waals surface area contributed by atoms with E-state index in [4.69, 9.17) is 0 Å². The minimum Gasteiger partial charge on any atom is -0.298 e. The zero-order valence-electron chi connectivity index (χ0n) is 14.3. The van der Waals surface area contributed by atoms with Gasteiger partial charge in [-0.1, -0.05) is 54.1 Å². The third-order valence-electron chi connectivity index (χ3n) is 4.40. The summed E-state index contributed by atoms with van der Waals surface area (Å²) < 4.78 is 0. The molecule has 0 atom stereocenters. The molecule has 0 unspecified atom stereocenters. The first kappa shape index (κ1) is 16.0. The van der Waals surface area contributed by atoms with Crippen LogP contribution in [-0.4, -0.2) is 24.6 Å². The van der Waals surface area contributed by atoms with Crippen LogP contribution in [0, 0.1) is 6.92 Å². The van der Waals surface area contributed by atoms with E-state index in [9.17, 15) is 9.59 Å². The van der Waals surface area contributed by atoms with Gasteiger partial charge in [0.1, 0.15) is 6.54 Å². The van der Waals surface area contributed by atoms with Crippen molar-refractivity contribution in [1.82, 2.24) is 5.43 Å². The standard InChI is InChI=1S/C21H17N3O2/c1-14-5-2-6-15(11-14)12-22-23-19(25)13-24-18-10-4-8-16-7-3-9-17(20(16)18)21(24)26/h2-12H,13H2,1H3,(H,23,25)/b22-12+. The van der Waals surface area contributed by atoms with Crippen molar-refractivity contribution in [2.75, 3.05) is 11.4 Å². The second kappa shape index (κ2) is 6.44. The Kier molecular flexibility index (Phi) is 3.97. The van der Waals surface area contributed by atoms with Gasteiger partial charge in [0, 0.05) is 10.9 Å². The second-order valence-corrected chi connectivity index (χ2v) is 6.28. The third-order valence-corrected chi connectivity index (χ3v) is 4.40. The van der Waals surface area contributed by atoms with Crippen LogP contribution in [0.5, 0.6) is 0 Å². The number of carbonyl (C=O) groups excluding carboxylic acids is 2. The van der Waals surface area contributed by atoms with Crippen LogP contribution < -0.4 is 10.3 Å². The van der Waals surface area contributed by atoms with E-state index >= 15 is 0 Å². The molecule has 1 N–H and O–H groups in total. The molecule has 0 aromatic heterocycles. The summed E-state index contributed by atoms with van der Waals surface area (Å²) in [5.41, 5.74) is 5.91. The fourth-order valence-corrected chi connectivity index (χ4v) is 3.24. The minimum atomic E-state index is -0.341. The molecule has 128 valence electrons. The molecule has 4 rings (SSSR count). The lowest BCUT2D eigenvalue weighted by atomic mass is 10.1. The van der Waals surface area contributed by atoms with E-state index in [-0.39, 0.29) is 18.4 Å². The Hall–Kier alpha value is -3.47. The highest BCUT2D eigenvalue weighted by atomic mass is 16.2.